The van der Waals surface area contributed by atoms with Gasteiger partial charge >= 0.3 is 0 Å². The van der Waals surface area contributed by atoms with E-state index in [0.717, 1.165) is 39.8 Å². The zero-order valence-electron chi connectivity index (χ0n) is 22.2. The number of nitrogens with zero attached hydrogens (tertiary/aromatic N) is 3. The normalized spacial score (nSPS) is 23.2. The second-order valence-electron chi connectivity index (χ2n) is 11.1. The van der Waals surface area contributed by atoms with E-state index < -0.39 is 0 Å². The average molecular weight is 501 g/mol. The van der Waals surface area contributed by atoms with Crippen molar-refractivity contribution < 1.29 is 0 Å². The predicted octanol–water partition coefficient (Wildman–Crippen LogP) is 7.77. The monoisotopic (exact) mass is 501 g/mol. The van der Waals surface area contributed by atoms with E-state index in [1.807, 2.05) is 12.2 Å². The van der Waals surface area contributed by atoms with Gasteiger partial charge in [-0.1, -0.05) is 116 Å². The van der Waals surface area contributed by atoms with Gasteiger partial charge in [-0.15, -0.1) is 0 Å². The molecule has 186 valence electrons. The molecule has 0 bridgehead atoms. The maximum atomic E-state index is 6.43. The Morgan fingerprint density at radius 1 is 0.795 bits per heavy atom. The van der Waals surface area contributed by atoms with Crippen LogP contribution in [-0.4, -0.2) is 22.8 Å². The van der Waals surface area contributed by atoms with Crippen molar-refractivity contribution in [1.29, 1.82) is 0 Å². The van der Waals surface area contributed by atoms with Crippen LogP contribution in [-0.2, 0) is 6.42 Å². The lowest BCUT2D eigenvalue weighted by Crippen LogP contribution is -2.30. The molecule has 3 aliphatic carbocycles. The van der Waals surface area contributed by atoms with Gasteiger partial charge in [-0.05, 0) is 51.9 Å². The van der Waals surface area contributed by atoms with Crippen molar-refractivity contribution in [1.82, 2.24) is 15.0 Å². The summed E-state index contributed by atoms with van der Waals surface area (Å²) in [5.74, 6) is 2.57. The quantitative estimate of drug-likeness (QED) is 0.269. The molecule has 2 radical (unpaired) electrons. The minimum absolute atomic E-state index is 0.0810. The second kappa shape index (κ2) is 9.16. The van der Waals surface area contributed by atoms with Crippen LogP contribution in [0.1, 0.15) is 36.7 Å². The Bertz CT molecular complexity index is 1790. The molecule has 4 heteroatoms. The molecule has 0 fully saturated rings. The number of allylic oxidation sites excluding steroid dienone is 9. The van der Waals surface area contributed by atoms with E-state index in [2.05, 4.69) is 111 Å². The van der Waals surface area contributed by atoms with Crippen LogP contribution in [0.15, 0.2) is 114 Å². The number of fused-ring (bicyclic) bond motifs is 3. The van der Waals surface area contributed by atoms with Crippen molar-refractivity contribution in [2.75, 3.05) is 0 Å². The zero-order valence-corrected chi connectivity index (χ0v) is 22.2. The van der Waals surface area contributed by atoms with Crippen molar-refractivity contribution in [3.63, 3.8) is 0 Å². The summed E-state index contributed by atoms with van der Waals surface area (Å²) < 4.78 is 0. The van der Waals surface area contributed by atoms with Crippen molar-refractivity contribution in [2.45, 2.75) is 26.2 Å². The SMILES string of the molecule is [B]C1=C2C=CC=CC2(C)C(c2nc(-c3ccc4c(c3)CC(C)C=C4)nc(-c3ccc4ccccc4c3)n2)C=C1. The van der Waals surface area contributed by atoms with Gasteiger partial charge in [0.25, 0.3) is 0 Å². The third-order valence-corrected chi connectivity index (χ3v) is 8.31. The van der Waals surface area contributed by atoms with E-state index in [0.29, 0.717) is 17.6 Å². The first kappa shape index (κ1) is 23.8. The number of rotatable bonds is 3. The van der Waals surface area contributed by atoms with E-state index in [1.54, 1.807) is 0 Å². The molecule has 1 aromatic heterocycles. The molecule has 4 aromatic rings. The van der Waals surface area contributed by atoms with Crippen LogP contribution >= 0.6 is 0 Å². The summed E-state index contributed by atoms with van der Waals surface area (Å²) in [7, 11) is 6.43. The van der Waals surface area contributed by atoms with Crippen LogP contribution in [0.5, 0.6) is 0 Å². The third kappa shape index (κ3) is 4.12. The van der Waals surface area contributed by atoms with Gasteiger partial charge in [-0.3, -0.25) is 0 Å². The number of aromatic nitrogens is 3. The van der Waals surface area contributed by atoms with Gasteiger partial charge in [0.15, 0.2) is 11.6 Å². The Balaban J connectivity index is 1.41. The Hall–Kier alpha value is -4.31. The van der Waals surface area contributed by atoms with Crippen LogP contribution < -0.4 is 0 Å². The summed E-state index contributed by atoms with van der Waals surface area (Å²) in [6.07, 6.45) is 18.1. The van der Waals surface area contributed by atoms with E-state index in [-0.39, 0.29) is 11.3 Å². The highest BCUT2D eigenvalue weighted by Crippen LogP contribution is 2.49. The molecular formula is C35H28BN3. The molecule has 0 amide bonds. The zero-order chi connectivity index (χ0) is 26.6. The predicted molar refractivity (Wildman–Crippen MR) is 161 cm³/mol. The van der Waals surface area contributed by atoms with Crippen molar-refractivity contribution >= 4 is 24.7 Å². The fraction of sp³-hybridized carbons (Fsp3) is 0.171. The molecular weight excluding hydrogens is 473 g/mol. The molecule has 7 rings (SSSR count). The Morgan fingerprint density at radius 3 is 2.41 bits per heavy atom. The summed E-state index contributed by atoms with van der Waals surface area (Å²) in [4.78, 5) is 15.3. The summed E-state index contributed by atoms with van der Waals surface area (Å²) in [5, 5.41) is 2.36. The first-order chi connectivity index (χ1) is 19.0. The summed E-state index contributed by atoms with van der Waals surface area (Å²) in [5.41, 5.74) is 6.14. The standard InChI is InChI=1S/C35H28BN3/c1-22-10-11-24-13-15-27(21-28(24)19-22)33-37-32(26-14-12-23-7-3-4-8-25(23)20-26)38-34(39-33)30-16-17-31(36)29-9-5-6-18-35(29,30)2/h3-18,20-22,30H,19H2,1-2H3. The maximum Gasteiger partial charge on any atom is 0.163 e. The molecule has 3 aromatic carbocycles. The Kier molecular flexibility index (Phi) is 5.59. The molecule has 39 heavy (non-hydrogen) atoms. The molecule has 1 heterocycles. The number of hydrogen-bond acceptors (Lipinski definition) is 3. The minimum Gasteiger partial charge on any atom is -0.212 e. The molecule has 3 atom stereocenters. The van der Waals surface area contributed by atoms with E-state index in [4.69, 9.17) is 22.8 Å². The van der Waals surface area contributed by atoms with Crippen LogP contribution in [0.25, 0.3) is 39.6 Å². The molecule has 3 nitrogen and oxygen atoms in total. The van der Waals surface area contributed by atoms with Crippen LogP contribution in [0.4, 0.5) is 0 Å². The van der Waals surface area contributed by atoms with Crippen LogP contribution in [0.2, 0.25) is 0 Å². The van der Waals surface area contributed by atoms with Crippen LogP contribution in [0.3, 0.4) is 0 Å². The minimum atomic E-state index is -0.344. The third-order valence-electron chi connectivity index (χ3n) is 8.31. The molecule has 0 aliphatic heterocycles. The smallest absolute Gasteiger partial charge is 0.163 e. The van der Waals surface area contributed by atoms with Gasteiger partial charge in [0.1, 0.15) is 13.7 Å². The van der Waals surface area contributed by atoms with Crippen LogP contribution in [0, 0.1) is 11.3 Å². The largest absolute Gasteiger partial charge is 0.212 e. The lowest BCUT2D eigenvalue weighted by molar-refractivity contribution is 0.441. The highest BCUT2D eigenvalue weighted by Gasteiger charge is 2.39. The van der Waals surface area contributed by atoms with Gasteiger partial charge in [-0.2, -0.15) is 0 Å². The first-order valence-electron chi connectivity index (χ1n) is 13.6. The maximum absolute atomic E-state index is 6.43. The molecule has 0 saturated carbocycles. The molecule has 0 spiro atoms. The number of hydrogen-bond donors (Lipinski definition) is 0. The van der Waals surface area contributed by atoms with Crippen molar-refractivity contribution in [3.05, 3.63) is 131 Å². The second-order valence-corrected chi connectivity index (χ2v) is 11.1. The van der Waals surface area contributed by atoms with Crippen molar-refractivity contribution in [2.24, 2.45) is 11.3 Å². The Morgan fingerprint density at radius 2 is 1.56 bits per heavy atom. The van der Waals surface area contributed by atoms with E-state index >= 15 is 0 Å². The summed E-state index contributed by atoms with van der Waals surface area (Å²) >= 11 is 0. The van der Waals surface area contributed by atoms with Gasteiger partial charge in [0.2, 0.25) is 0 Å². The van der Waals surface area contributed by atoms with Crippen molar-refractivity contribution in [3.8, 4) is 22.8 Å². The lowest BCUT2D eigenvalue weighted by atomic mass is 9.62. The van der Waals surface area contributed by atoms with Gasteiger partial charge in [0.05, 0.1) is 5.92 Å². The highest BCUT2D eigenvalue weighted by molar-refractivity contribution is 6.24. The van der Waals surface area contributed by atoms with E-state index in [9.17, 15) is 0 Å². The topological polar surface area (TPSA) is 38.7 Å². The molecule has 0 saturated heterocycles. The molecule has 3 aliphatic rings. The van der Waals surface area contributed by atoms with E-state index in [1.165, 1.54) is 16.5 Å². The summed E-state index contributed by atoms with van der Waals surface area (Å²) in [6.45, 7) is 4.47. The fourth-order valence-electron chi connectivity index (χ4n) is 6.08. The highest BCUT2D eigenvalue weighted by atomic mass is 15.0. The lowest BCUT2D eigenvalue weighted by Gasteiger charge is -2.39. The van der Waals surface area contributed by atoms with Gasteiger partial charge in [-0.25, -0.2) is 15.0 Å². The van der Waals surface area contributed by atoms with Gasteiger partial charge in [0, 0.05) is 16.5 Å². The fourth-order valence-corrected chi connectivity index (χ4v) is 6.08. The molecule has 0 N–H and O–H groups in total. The Labute approximate surface area is 230 Å². The van der Waals surface area contributed by atoms with Gasteiger partial charge < -0.3 is 0 Å². The first-order valence-corrected chi connectivity index (χ1v) is 13.6. The average Bonchev–Trinajstić information content (AvgIpc) is 2.96. The summed E-state index contributed by atoms with van der Waals surface area (Å²) in [6, 6.07) is 21.4. The molecule has 3 unspecified atom stereocenters. The number of benzene rings is 3.